The second kappa shape index (κ2) is 6.60. The molecule has 1 unspecified atom stereocenters. The van der Waals surface area contributed by atoms with Gasteiger partial charge in [-0.1, -0.05) is 17.7 Å². The molecule has 0 N–H and O–H groups in total. The van der Waals surface area contributed by atoms with Crippen LogP contribution in [0.25, 0.3) is 11.0 Å². The van der Waals surface area contributed by atoms with Crippen LogP contribution in [-0.4, -0.2) is 22.8 Å². The third-order valence-electron chi connectivity index (χ3n) is 2.99. The zero-order valence-electron chi connectivity index (χ0n) is 11.2. The molecule has 0 aliphatic rings. The molecule has 0 spiro atoms. The average Bonchev–Trinajstić information content (AvgIpc) is 2.75. The second-order valence-corrected chi connectivity index (χ2v) is 5.46. The number of ether oxygens (including phenoxy) is 1. The standard InChI is InChI=1S/C14H18Cl2N2O/c1-3-19-9-5-8-18-12-7-4-6-11(16)13(12)17-14(18)10(2)15/h4,6-7,10H,3,5,8-9H2,1-2H3. The fourth-order valence-electron chi connectivity index (χ4n) is 2.14. The number of rotatable bonds is 6. The highest BCUT2D eigenvalue weighted by Gasteiger charge is 2.16. The van der Waals surface area contributed by atoms with Crippen LogP contribution in [0.2, 0.25) is 5.02 Å². The lowest BCUT2D eigenvalue weighted by Gasteiger charge is -2.10. The van der Waals surface area contributed by atoms with Gasteiger partial charge in [-0.05, 0) is 32.4 Å². The lowest BCUT2D eigenvalue weighted by atomic mass is 10.3. The van der Waals surface area contributed by atoms with Crippen molar-refractivity contribution in [1.82, 2.24) is 9.55 Å². The fourth-order valence-corrected chi connectivity index (χ4v) is 2.52. The van der Waals surface area contributed by atoms with Crippen molar-refractivity contribution in [1.29, 1.82) is 0 Å². The third-order valence-corrected chi connectivity index (χ3v) is 3.49. The van der Waals surface area contributed by atoms with E-state index < -0.39 is 0 Å². The van der Waals surface area contributed by atoms with Gasteiger partial charge in [-0.3, -0.25) is 0 Å². The molecule has 0 radical (unpaired) electrons. The summed E-state index contributed by atoms with van der Waals surface area (Å²) in [6, 6.07) is 5.82. The van der Waals surface area contributed by atoms with Gasteiger partial charge in [0.1, 0.15) is 11.3 Å². The van der Waals surface area contributed by atoms with Crippen LogP contribution in [0, 0.1) is 0 Å². The van der Waals surface area contributed by atoms with Gasteiger partial charge in [0.05, 0.1) is 15.9 Å². The van der Waals surface area contributed by atoms with Gasteiger partial charge >= 0.3 is 0 Å². The number of hydrogen-bond acceptors (Lipinski definition) is 2. The summed E-state index contributed by atoms with van der Waals surface area (Å²) in [4.78, 5) is 4.57. The van der Waals surface area contributed by atoms with Crippen LogP contribution >= 0.6 is 23.2 Å². The first-order valence-corrected chi connectivity index (χ1v) is 7.33. The normalized spacial score (nSPS) is 13.1. The Kier molecular flexibility index (Phi) is 5.08. The monoisotopic (exact) mass is 300 g/mol. The Morgan fingerprint density at radius 3 is 2.89 bits per heavy atom. The van der Waals surface area contributed by atoms with Gasteiger partial charge in [-0.15, -0.1) is 11.6 Å². The van der Waals surface area contributed by atoms with Crippen LogP contribution in [0.3, 0.4) is 0 Å². The maximum atomic E-state index is 6.21. The molecule has 0 saturated carbocycles. The molecule has 1 aromatic carbocycles. The van der Waals surface area contributed by atoms with E-state index in [2.05, 4.69) is 9.55 Å². The van der Waals surface area contributed by atoms with Crippen LogP contribution in [0.5, 0.6) is 0 Å². The molecule has 1 aromatic heterocycles. The zero-order chi connectivity index (χ0) is 13.8. The molecular weight excluding hydrogens is 283 g/mol. The molecule has 0 bridgehead atoms. The maximum Gasteiger partial charge on any atom is 0.127 e. The number of fused-ring (bicyclic) bond motifs is 1. The number of aryl methyl sites for hydroxylation is 1. The summed E-state index contributed by atoms with van der Waals surface area (Å²) in [6.45, 7) is 6.25. The molecule has 1 heterocycles. The molecule has 5 heteroatoms. The van der Waals surface area contributed by atoms with Crippen molar-refractivity contribution in [2.45, 2.75) is 32.2 Å². The molecule has 0 aliphatic carbocycles. The Morgan fingerprint density at radius 1 is 1.42 bits per heavy atom. The highest BCUT2D eigenvalue weighted by atomic mass is 35.5. The number of aromatic nitrogens is 2. The minimum atomic E-state index is -0.143. The number of hydrogen-bond donors (Lipinski definition) is 0. The van der Waals surface area contributed by atoms with Gasteiger partial charge in [0.2, 0.25) is 0 Å². The number of para-hydroxylation sites is 1. The van der Waals surface area contributed by atoms with Gasteiger partial charge in [-0.25, -0.2) is 4.98 Å². The fraction of sp³-hybridized carbons (Fsp3) is 0.500. The largest absolute Gasteiger partial charge is 0.382 e. The molecule has 0 saturated heterocycles. The first kappa shape index (κ1) is 14.6. The molecule has 2 rings (SSSR count). The predicted molar refractivity (Wildman–Crippen MR) is 80.1 cm³/mol. The summed E-state index contributed by atoms with van der Waals surface area (Å²) < 4.78 is 7.51. The summed E-state index contributed by atoms with van der Waals surface area (Å²) in [5, 5.41) is 0.523. The van der Waals surface area contributed by atoms with E-state index in [1.165, 1.54) is 0 Å². The van der Waals surface area contributed by atoms with Crippen molar-refractivity contribution in [2.24, 2.45) is 0 Å². The molecule has 0 aliphatic heterocycles. The Morgan fingerprint density at radius 2 is 2.21 bits per heavy atom. The van der Waals surface area contributed by atoms with Gasteiger partial charge < -0.3 is 9.30 Å². The summed E-state index contributed by atoms with van der Waals surface area (Å²) >= 11 is 12.4. The highest BCUT2D eigenvalue weighted by Crippen LogP contribution is 2.28. The van der Waals surface area contributed by atoms with E-state index in [9.17, 15) is 0 Å². The first-order chi connectivity index (χ1) is 9.15. The van der Waals surface area contributed by atoms with Gasteiger partial charge in [0.25, 0.3) is 0 Å². The van der Waals surface area contributed by atoms with E-state index in [0.717, 1.165) is 43.0 Å². The zero-order valence-corrected chi connectivity index (χ0v) is 12.7. The molecule has 1 atom stereocenters. The van der Waals surface area contributed by atoms with E-state index in [0.29, 0.717) is 5.02 Å². The quantitative estimate of drug-likeness (QED) is 0.583. The van der Waals surface area contributed by atoms with Crippen molar-refractivity contribution in [3.63, 3.8) is 0 Å². The smallest absolute Gasteiger partial charge is 0.127 e. The number of imidazole rings is 1. The summed E-state index contributed by atoms with van der Waals surface area (Å²) in [5.74, 6) is 0.862. The van der Waals surface area contributed by atoms with Crippen LogP contribution in [0.1, 0.15) is 31.5 Å². The molecule has 3 nitrogen and oxygen atoms in total. The van der Waals surface area contributed by atoms with Gasteiger partial charge in [-0.2, -0.15) is 0 Å². The van der Waals surface area contributed by atoms with Gasteiger partial charge in [0, 0.05) is 19.8 Å². The Bertz CT molecular complexity index is 552. The van der Waals surface area contributed by atoms with Crippen LogP contribution in [0.15, 0.2) is 18.2 Å². The van der Waals surface area contributed by atoms with E-state index in [-0.39, 0.29) is 5.38 Å². The van der Waals surface area contributed by atoms with Crippen LogP contribution in [0.4, 0.5) is 0 Å². The van der Waals surface area contributed by atoms with Crippen molar-refractivity contribution < 1.29 is 4.74 Å². The highest BCUT2D eigenvalue weighted by molar-refractivity contribution is 6.35. The van der Waals surface area contributed by atoms with Crippen molar-refractivity contribution in [3.8, 4) is 0 Å². The predicted octanol–water partition coefficient (Wildman–Crippen LogP) is 4.42. The molecule has 0 fully saturated rings. The minimum absolute atomic E-state index is 0.143. The minimum Gasteiger partial charge on any atom is -0.382 e. The molecule has 104 valence electrons. The number of nitrogens with zero attached hydrogens (tertiary/aromatic N) is 2. The van der Waals surface area contributed by atoms with Crippen molar-refractivity contribution >= 4 is 34.2 Å². The Balaban J connectivity index is 2.33. The van der Waals surface area contributed by atoms with E-state index in [1.54, 1.807) is 0 Å². The van der Waals surface area contributed by atoms with Crippen molar-refractivity contribution in [3.05, 3.63) is 29.0 Å². The molecular formula is C14H18Cl2N2O. The lowest BCUT2D eigenvalue weighted by Crippen LogP contribution is -2.07. The van der Waals surface area contributed by atoms with Gasteiger partial charge in [0.15, 0.2) is 0 Å². The first-order valence-electron chi connectivity index (χ1n) is 6.51. The average molecular weight is 301 g/mol. The summed E-state index contributed by atoms with van der Waals surface area (Å²) in [5.41, 5.74) is 1.86. The Hall–Kier alpha value is -0.770. The number of benzene rings is 1. The SMILES string of the molecule is CCOCCCn1c(C(C)Cl)nc2c(Cl)cccc21. The third kappa shape index (κ3) is 3.22. The van der Waals surface area contributed by atoms with E-state index >= 15 is 0 Å². The van der Waals surface area contributed by atoms with E-state index in [4.69, 9.17) is 27.9 Å². The van der Waals surface area contributed by atoms with Crippen molar-refractivity contribution in [2.75, 3.05) is 13.2 Å². The number of alkyl halides is 1. The van der Waals surface area contributed by atoms with Crippen LogP contribution < -0.4 is 0 Å². The second-order valence-electron chi connectivity index (χ2n) is 4.40. The molecule has 19 heavy (non-hydrogen) atoms. The lowest BCUT2D eigenvalue weighted by molar-refractivity contribution is 0.141. The topological polar surface area (TPSA) is 27.1 Å². The maximum absolute atomic E-state index is 6.21. The summed E-state index contributed by atoms with van der Waals surface area (Å²) in [6.07, 6.45) is 0.933. The van der Waals surface area contributed by atoms with Crippen LogP contribution in [-0.2, 0) is 11.3 Å². The summed E-state index contributed by atoms with van der Waals surface area (Å²) in [7, 11) is 0. The number of halogens is 2. The molecule has 2 aromatic rings. The van der Waals surface area contributed by atoms with E-state index in [1.807, 2.05) is 32.0 Å². The molecule has 0 amide bonds. The Labute approximate surface area is 123 Å².